The number of ether oxygens (including phenoxy) is 1. The normalized spacial score (nSPS) is 17.4. The smallest absolute Gasteiger partial charge is 0.307 e. The first-order valence-electron chi connectivity index (χ1n) is 3.31. The van der Waals surface area contributed by atoms with E-state index in [9.17, 15) is 9.59 Å². The van der Waals surface area contributed by atoms with E-state index in [2.05, 4.69) is 4.74 Å². The van der Waals surface area contributed by atoms with Gasteiger partial charge in [0.1, 0.15) is 11.5 Å². The summed E-state index contributed by atoms with van der Waals surface area (Å²) in [6.45, 7) is 1.28. The maximum absolute atomic E-state index is 10.8. The molecule has 0 aliphatic heterocycles. The van der Waals surface area contributed by atoms with Crippen molar-refractivity contribution in [3.63, 3.8) is 0 Å². The van der Waals surface area contributed by atoms with Gasteiger partial charge in [0.15, 0.2) is 5.78 Å². The van der Waals surface area contributed by atoms with Crippen molar-refractivity contribution in [2.24, 2.45) is 5.73 Å². The van der Waals surface area contributed by atoms with Gasteiger partial charge in [0.2, 0.25) is 0 Å². The summed E-state index contributed by atoms with van der Waals surface area (Å²) in [5.41, 5.74) is 5.42. The molecule has 0 aromatic rings. The van der Waals surface area contributed by atoms with E-state index in [1.807, 2.05) is 0 Å². The SMILES string of the molecule is CC(=O)OC1=C(N)C(=O)CC1. The van der Waals surface area contributed by atoms with Crippen LogP contribution in [0.4, 0.5) is 0 Å². The second-order valence-corrected chi connectivity index (χ2v) is 2.35. The predicted molar refractivity (Wildman–Crippen MR) is 37.2 cm³/mol. The Morgan fingerprint density at radius 2 is 2.18 bits per heavy atom. The number of allylic oxidation sites excluding steroid dienone is 2. The van der Waals surface area contributed by atoms with Crippen LogP contribution in [0.3, 0.4) is 0 Å². The molecule has 0 fully saturated rings. The zero-order valence-corrected chi connectivity index (χ0v) is 6.22. The summed E-state index contributed by atoms with van der Waals surface area (Å²) in [5, 5.41) is 0. The van der Waals surface area contributed by atoms with Crippen molar-refractivity contribution < 1.29 is 14.3 Å². The first-order chi connectivity index (χ1) is 5.11. The molecule has 0 spiro atoms. The van der Waals surface area contributed by atoms with Crippen LogP contribution in [0, 0.1) is 0 Å². The van der Waals surface area contributed by atoms with Gasteiger partial charge in [-0.1, -0.05) is 0 Å². The number of esters is 1. The molecule has 0 radical (unpaired) electrons. The molecule has 0 atom stereocenters. The summed E-state index contributed by atoms with van der Waals surface area (Å²) in [7, 11) is 0. The fourth-order valence-corrected chi connectivity index (χ4v) is 0.931. The lowest BCUT2D eigenvalue weighted by atomic mass is 10.3. The van der Waals surface area contributed by atoms with Gasteiger partial charge in [0.25, 0.3) is 0 Å². The average Bonchev–Trinajstić information content (AvgIpc) is 2.18. The number of hydrogen-bond donors (Lipinski definition) is 1. The molecule has 4 nitrogen and oxygen atoms in total. The van der Waals surface area contributed by atoms with E-state index in [1.165, 1.54) is 6.92 Å². The molecule has 0 unspecified atom stereocenters. The van der Waals surface area contributed by atoms with Gasteiger partial charge in [-0.25, -0.2) is 0 Å². The van der Waals surface area contributed by atoms with Crippen LogP contribution in [0.2, 0.25) is 0 Å². The lowest BCUT2D eigenvalue weighted by molar-refractivity contribution is -0.137. The third-order valence-corrected chi connectivity index (χ3v) is 1.45. The Morgan fingerprint density at radius 3 is 2.55 bits per heavy atom. The summed E-state index contributed by atoms with van der Waals surface area (Å²) < 4.78 is 4.69. The van der Waals surface area contributed by atoms with Crippen LogP contribution in [0.25, 0.3) is 0 Å². The van der Waals surface area contributed by atoms with Crippen LogP contribution in [0.15, 0.2) is 11.5 Å². The molecule has 0 amide bonds. The Kier molecular flexibility index (Phi) is 1.94. The second-order valence-electron chi connectivity index (χ2n) is 2.35. The van der Waals surface area contributed by atoms with Gasteiger partial charge >= 0.3 is 5.97 Å². The maximum Gasteiger partial charge on any atom is 0.307 e. The van der Waals surface area contributed by atoms with E-state index in [0.717, 1.165) is 0 Å². The molecular formula is C7H9NO3. The summed E-state index contributed by atoms with van der Waals surface area (Å²) in [4.78, 5) is 21.2. The number of rotatable bonds is 1. The van der Waals surface area contributed by atoms with E-state index in [4.69, 9.17) is 5.73 Å². The lowest BCUT2D eigenvalue weighted by Gasteiger charge is -2.00. The van der Waals surface area contributed by atoms with Gasteiger partial charge in [-0.2, -0.15) is 0 Å². The minimum absolute atomic E-state index is 0.0974. The van der Waals surface area contributed by atoms with Gasteiger partial charge in [0, 0.05) is 19.8 Å². The highest BCUT2D eigenvalue weighted by Crippen LogP contribution is 2.19. The molecule has 11 heavy (non-hydrogen) atoms. The van der Waals surface area contributed by atoms with Crippen molar-refractivity contribution in [3.05, 3.63) is 11.5 Å². The largest absolute Gasteiger partial charge is 0.429 e. The highest BCUT2D eigenvalue weighted by molar-refractivity contribution is 5.97. The van der Waals surface area contributed by atoms with Crippen molar-refractivity contribution in [1.82, 2.24) is 0 Å². The number of ketones is 1. The minimum atomic E-state index is -0.433. The zero-order valence-electron chi connectivity index (χ0n) is 6.22. The van der Waals surface area contributed by atoms with Crippen LogP contribution >= 0.6 is 0 Å². The van der Waals surface area contributed by atoms with Crippen LogP contribution in [0.5, 0.6) is 0 Å². The van der Waals surface area contributed by atoms with Gasteiger partial charge in [-0.05, 0) is 0 Å². The quantitative estimate of drug-likeness (QED) is 0.544. The lowest BCUT2D eigenvalue weighted by Crippen LogP contribution is -2.08. The van der Waals surface area contributed by atoms with Crippen molar-refractivity contribution in [1.29, 1.82) is 0 Å². The van der Waals surface area contributed by atoms with E-state index < -0.39 is 5.97 Å². The number of carbonyl (C=O) groups is 2. The molecule has 60 valence electrons. The van der Waals surface area contributed by atoms with Crippen molar-refractivity contribution in [2.75, 3.05) is 0 Å². The minimum Gasteiger partial charge on any atom is -0.429 e. The highest BCUT2D eigenvalue weighted by Gasteiger charge is 2.22. The van der Waals surface area contributed by atoms with Gasteiger partial charge in [0.05, 0.1) is 0 Å². The third kappa shape index (κ3) is 1.58. The van der Waals surface area contributed by atoms with Crippen molar-refractivity contribution in [2.45, 2.75) is 19.8 Å². The molecule has 0 saturated carbocycles. The number of Topliss-reactive ketones (excluding diaryl/α,β-unsaturated/α-hetero) is 1. The fourth-order valence-electron chi connectivity index (χ4n) is 0.931. The standard InChI is InChI=1S/C7H9NO3/c1-4(9)11-6-3-2-5(10)7(6)8/h2-3,8H2,1H3. The Balaban J connectivity index is 2.72. The molecule has 1 aliphatic carbocycles. The Morgan fingerprint density at radius 1 is 1.55 bits per heavy atom. The molecule has 0 bridgehead atoms. The number of carbonyl (C=O) groups excluding carboxylic acids is 2. The van der Waals surface area contributed by atoms with Crippen LogP contribution in [-0.2, 0) is 14.3 Å². The van der Waals surface area contributed by atoms with Gasteiger partial charge in [-0.15, -0.1) is 0 Å². The average molecular weight is 155 g/mol. The molecule has 0 saturated heterocycles. The van der Waals surface area contributed by atoms with Crippen molar-refractivity contribution >= 4 is 11.8 Å². The summed E-state index contributed by atoms with van der Waals surface area (Å²) in [6.07, 6.45) is 0.804. The summed E-state index contributed by atoms with van der Waals surface area (Å²) >= 11 is 0. The van der Waals surface area contributed by atoms with E-state index >= 15 is 0 Å². The van der Waals surface area contributed by atoms with Gasteiger partial charge < -0.3 is 10.5 Å². The summed E-state index contributed by atoms with van der Waals surface area (Å²) in [6, 6.07) is 0. The molecular weight excluding hydrogens is 146 g/mol. The Labute approximate surface area is 64.0 Å². The summed E-state index contributed by atoms with van der Waals surface area (Å²) in [5.74, 6) is -0.249. The van der Waals surface area contributed by atoms with E-state index in [1.54, 1.807) is 0 Å². The Bertz CT molecular complexity index is 242. The second kappa shape index (κ2) is 2.74. The number of hydrogen-bond acceptors (Lipinski definition) is 4. The fraction of sp³-hybridized carbons (Fsp3) is 0.429. The zero-order chi connectivity index (χ0) is 8.43. The Hall–Kier alpha value is -1.32. The van der Waals surface area contributed by atoms with Crippen LogP contribution < -0.4 is 5.73 Å². The molecule has 0 aromatic heterocycles. The molecule has 0 heterocycles. The maximum atomic E-state index is 10.8. The van der Waals surface area contributed by atoms with Gasteiger partial charge in [-0.3, -0.25) is 9.59 Å². The highest BCUT2D eigenvalue weighted by atomic mass is 16.5. The third-order valence-electron chi connectivity index (χ3n) is 1.45. The molecule has 2 N–H and O–H groups in total. The van der Waals surface area contributed by atoms with Crippen LogP contribution in [0.1, 0.15) is 19.8 Å². The topological polar surface area (TPSA) is 69.4 Å². The first kappa shape index (κ1) is 7.78. The molecule has 0 aromatic carbocycles. The number of nitrogens with two attached hydrogens (primary N) is 1. The molecule has 1 aliphatic rings. The predicted octanol–water partition coefficient (Wildman–Crippen LogP) is 0.0827. The van der Waals surface area contributed by atoms with Crippen LogP contribution in [-0.4, -0.2) is 11.8 Å². The monoisotopic (exact) mass is 155 g/mol. The molecule has 1 rings (SSSR count). The van der Waals surface area contributed by atoms with E-state index in [0.29, 0.717) is 18.6 Å². The first-order valence-corrected chi connectivity index (χ1v) is 3.31. The van der Waals surface area contributed by atoms with Crippen molar-refractivity contribution in [3.8, 4) is 0 Å². The molecule has 4 heteroatoms. The van der Waals surface area contributed by atoms with E-state index in [-0.39, 0.29) is 11.5 Å².